The van der Waals surface area contributed by atoms with E-state index in [0.717, 1.165) is 19.3 Å². The Morgan fingerprint density at radius 2 is 1.58 bits per heavy atom. The maximum atomic E-state index is 11.9. The molecule has 10 atom stereocenters. The van der Waals surface area contributed by atoms with Crippen LogP contribution in [0, 0.1) is 50.7 Å². The Balaban J connectivity index is 1.53. The van der Waals surface area contributed by atoms with Crippen LogP contribution in [0.3, 0.4) is 0 Å². The number of hydrogen-bond acceptors (Lipinski definition) is 4. The van der Waals surface area contributed by atoms with Gasteiger partial charge in [-0.3, -0.25) is 10.1 Å². The molecule has 0 aliphatic heterocycles. The fraction of sp³-hybridized carbons (Fsp3) is 0.906. The van der Waals surface area contributed by atoms with Gasteiger partial charge in [-0.25, -0.2) is 4.89 Å². The lowest BCUT2D eigenvalue weighted by Crippen LogP contribution is -2.69. The van der Waals surface area contributed by atoms with Crippen molar-refractivity contribution in [3.8, 4) is 0 Å². The molecule has 36 heavy (non-hydrogen) atoms. The molecule has 4 saturated carbocycles. The molecule has 4 fully saturated rings. The molecule has 5 rings (SSSR count). The van der Waals surface area contributed by atoms with Crippen molar-refractivity contribution < 1.29 is 19.7 Å². The summed E-state index contributed by atoms with van der Waals surface area (Å²) in [6.45, 7) is 20.9. The molecule has 0 aromatic heterocycles. The van der Waals surface area contributed by atoms with Crippen LogP contribution in [0.4, 0.5) is 0 Å². The molecule has 1 N–H and O–H groups in total. The van der Waals surface area contributed by atoms with Crippen molar-refractivity contribution in [2.45, 2.75) is 132 Å². The number of carbonyl (C=O) groups excluding carboxylic acids is 1. The van der Waals surface area contributed by atoms with E-state index in [2.05, 4.69) is 61.5 Å². The molecular weight excluding hydrogens is 448 g/mol. The van der Waals surface area contributed by atoms with Crippen LogP contribution < -0.4 is 0 Å². The van der Waals surface area contributed by atoms with E-state index in [1.165, 1.54) is 44.1 Å². The van der Waals surface area contributed by atoms with E-state index < -0.39 is 5.60 Å². The van der Waals surface area contributed by atoms with E-state index in [9.17, 15) is 10.1 Å². The first-order valence-electron chi connectivity index (χ1n) is 14.8. The van der Waals surface area contributed by atoms with Crippen molar-refractivity contribution >= 4 is 5.97 Å². The average Bonchev–Trinajstić information content (AvgIpc) is 2.79. The number of ether oxygens (including phenoxy) is 1. The van der Waals surface area contributed by atoms with Gasteiger partial charge in [0.15, 0.2) is 0 Å². The lowest BCUT2D eigenvalue weighted by Gasteiger charge is -2.74. The zero-order chi connectivity index (χ0) is 26.5. The van der Waals surface area contributed by atoms with E-state index >= 15 is 0 Å². The highest BCUT2D eigenvalue weighted by Crippen LogP contribution is 2.77. The Kier molecular flexibility index (Phi) is 5.99. The van der Waals surface area contributed by atoms with E-state index in [-0.39, 0.29) is 39.1 Å². The van der Waals surface area contributed by atoms with Gasteiger partial charge in [-0.05, 0) is 117 Å². The second-order valence-corrected chi connectivity index (χ2v) is 15.5. The second kappa shape index (κ2) is 8.07. The van der Waals surface area contributed by atoms with Gasteiger partial charge in [0.25, 0.3) is 0 Å². The van der Waals surface area contributed by atoms with Crippen LogP contribution in [0.25, 0.3) is 0 Å². The zero-order valence-corrected chi connectivity index (χ0v) is 24.5. The molecule has 0 radical (unpaired) electrons. The Morgan fingerprint density at radius 1 is 0.889 bits per heavy atom. The lowest BCUT2D eigenvalue weighted by molar-refractivity contribution is -0.352. The third-order valence-corrected chi connectivity index (χ3v) is 14.0. The molecule has 0 bridgehead atoms. The van der Waals surface area contributed by atoms with E-state index in [1.807, 2.05) is 0 Å². The minimum absolute atomic E-state index is 0.00251. The minimum atomic E-state index is -0.603. The number of hydrogen-bond donors (Lipinski definition) is 1. The summed E-state index contributed by atoms with van der Waals surface area (Å²) >= 11 is 0. The molecule has 5 aliphatic carbocycles. The van der Waals surface area contributed by atoms with E-state index in [4.69, 9.17) is 9.62 Å². The van der Waals surface area contributed by atoms with Gasteiger partial charge in [0.1, 0.15) is 11.7 Å². The smallest absolute Gasteiger partial charge is 0.302 e. The number of esters is 1. The molecule has 4 heteroatoms. The van der Waals surface area contributed by atoms with E-state index in [0.29, 0.717) is 23.7 Å². The van der Waals surface area contributed by atoms with Gasteiger partial charge >= 0.3 is 5.97 Å². The number of carbonyl (C=O) groups is 1. The number of allylic oxidation sites excluding steroid dienone is 1. The molecule has 4 nitrogen and oxygen atoms in total. The summed E-state index contributed by atoms with van der Waals surface area (Å²) in [5.41, 5.74) is 1.52. The van der Waals surface area contributed by atoms with Crippen LogP contribution in [-0.4, -0.2) is 22.9 Å². The fourth-order valence-corrected chi connectivity index (χ4v) is 11.8. The summed E-state index contributed by atoms with van der Waals surface area (Å²) in [5, 5.41) is 10.3. The van der Waals surface area contributed by atoms with Gasteiger partial charge in [0.2, 0.25) is 0 Å². The summed E-state index contributed by atoms with van der Waals surface area (Å²) in [6, 6.07) is 0. The predicted octanol–water partition coefficient (Wildman–Crippen LogP) is 8.21. The van der Waals surface area contributed by atoms with Gasteiger partial charge in [-0.2, -0.15) is 0 Å². The quantitative estimate of drug-likeness (QED) is 0.180. The second-order valence-electron chi connectivity index (χ2n) is 15.5. The Morgan fingerprint density at radius 3 is 2.22 bits per heavy atom. The lowest BCUT2D eigenvalue weighted by atomic mass is 9.31. The Hall–Kier alpha value is -0.870. The average molecular weight is 501 g/mol. The van der Waals surface area contributed by atoms with Crippen LogP contribution in [0.2, 0.25) is 0 Å². The van der Waals surface area contributed by atoms with E-state index in [1.54, 1.807) is 6.92 Å². The van der Waals surface area contributed by atoms with Crippen LogP contribution >= 0.6 is 0 Å². The first-order valence-corrected chi connectivity index (χ1v) is 14.8. The molecule has 204 valence electrons. The maximum absolute atomic E-state index is 11.9. The minimum Gasteiger partial charge on any atom is -0.462 e. The highest BCUT2D eigenvalue weighted by molar-refractivity contribution is 5.66. The monoisotopic (exact) mass is 500 g/mol. The molecule has 0 spiro atoms. The van der Waals surface area contributed by atoms with Crippen molar-refractivity contribution in [1.82, 2.24) is 0 Å². The van der Waals surface area contributed by atoms with Gasteiger partial charge in [0, 0.05) is 18.3 Å². The summed E-state index contributed by atoms with van der Waals surface area (Å²) in [4.78, 5) is 17.4. The molecule has 0 aromatic carbocycles. The summed E-state index contributed by atoms with van der Waals surface area (Å²) in [5.74, 6) is 1.98. The largest absolute Gasteiger partial charge is 0.462 e. The third-order valence-electron chi connectivity index (χ3n) is 14.0. The normalized spacial score (nSPS) is 53.7. The molecule has 0 heterocycles. The van der Waals surface area contributed by atoms with Crippen molar-refractivity contribution in [1.29, 1.82) is 0 Å². The van der Waals surface area contributed by atoms with Crippen LogP contribution in [0.5, 0.6) is 0 Å². The van der Waals surface area contributed by atoms with Crippen LogP contribution in [0.1, 0.15) is 120 Å². The summed E-state index contributed by atoms with van der Waals surface area (Å²) < 4.78 is 5.90. The van der Waals surface area contributed by atoms with Crippen molar-refractivity contribution in [2.75, 3.05) is 0 Å². The highest BCUT2D eigenvalue weighted by Gasteiger charge is 2.71. The molecule has 0 saturated heterocycles. The first kappa shape index (κ1) is 26.7. The van der Waals surface area contributed by atoms with Crippen LogP contribution in [-0.2, 0) is 14.4 Å². The Labute approximate surface area is 219 Å². The standard InChI is InChI=1S/C32H52O4/c1-20-12-15-28(5)18-19-30(7)22(26(28)32(20,9)36-34)10-11-24-29(6)16-14-25(35-21(2)33)27(3,4)23(29)13-17-31(24,30)8/h12,22-26,34H,10-11,13-19H2,1-9H3. The third kappa shape index (κ3) is 3.22. The number of fused-ring (bicyclic) bond motifs is 7. The summed E-state index contributed by atoms with van der Waals surface area (Å²) in [6.07, 6.45) is 13.0. The molecule has 0 aromatic rings. The predicted molar refractivity (Wildman–Crippen MR) is 143 cm³/mol. The SMILES string of the molecule is CC(=O)OC1CCC2(C)C(CCC3(C)C2CCC2C4C(C)(CC=C(C)C4(C)OO)CCC23C)C1(C)C. The van der Waals surface area contributed by atoms with Crippen LogP contribution in [0.15, 0.2) is 11.6 Å². The van der Waals surface area contributed by atoms with Crippen molar-refractivity contribution in [3.05, 3.63) is 11.6 Å². The van der Waals surface area contributed by atoms with Gasteiger partial charge in [0.05, 0.1) is 0 Å². The van der Waals surface area contributed by atoms with Gasteiger partial charge in [-0.1, -0.05) is 47.6 Å². The maximum Gasteiger partial charge on any atom is 0.302 e. The molecule has 10 unspecified atom stereocenters. The fourth-order valence-electron chi connectivity index (χ4n) is 11.8. The summed E-state index contributed by atoms with van der Waals surface area (Å²) in [7, 11) is 0. The first-order chi connectivity index (χ1) is 16.6. The molecule has 5 aliphatic rings. The van der Waals surface area contributed by atoms with Crippen molar-refractivity contribution in [2.24, 2.45) is 50.7 Å². The Bertz CT molecular complexity index is 954. The van der Waals surface area contributed by atoms with Gasteiger partial charge < -0.3 is 4.74 Å². The van der Waals surface area contributed by atoms with Gasteiger partial charge in [-0.15, -0.1) is 0 Å². The topological polar surface area (TPSA) is 55.8 Å². The van der Waals surface area contributed by atoms with Crippen molar-refractivity contribution in [3.63, 3.8) is 0 Å². The number of rotatable bonds is 2. The molecular formula is C32H52O4. The molecule has 0 amide bonds. The highest BCUT2D eigenvalue weighted by atomic mass is 17.1. The zero-order valence-electron chi connectivity index (χ0n) is 24.5.